The first kappa shape index (κ1) is 19.1. The molecule has 1 aromatic carbocycles. The highest BCUT2D eigenvalue weighted by atomic mass is 19.4. The Kier molecular flexibility index (Phi) is 5.62. The fraction of sp³-hybridized carbons (Fsp3) is 0.421. The van der Waals surface area contributed by atoms with E-state index in [1.54, 1.807) is 12.1 Å². The monoisotopic (exact) mass is 379 g/mol. The van der Waals surface area contributed by atoms with E-state index in [1.807, 2.05) is 13.0 Å². The van der Waals surface area contributed by atoms with Crippen molar-refractivity contribution in [2.75, 3.05) is 18.0 Å². The molecular weight excluding hydrogens is 359 g/mol. The fourth-order valence-electron chi connectivity index (χ4n) is 3.04. The van der Waals surface area contributed by atoms with Gasteiger partial charge in [0.1, 0.15) is 23.7 Å². The molecule has 0 aliphatic carbocycles. The summed E-state index contributed by atoms with van der Waals surface area (Å²) in [6.45, 7) is 3.42. The Morgan fingerprint density at radius 2 is 1.85 bits per heavy atom. The largest absolute Gasteiger partial charge is 0.573 e. The Hall–Kier alpha value is -2.64. The minimum atomic E-state index is -4.72. The number of hydrogen-bond acceptors (Lipinski definition) is 5. The van der Waals surface area contributed by atoms with Crippen molar-refractivity contribution in [1.29, 1.82) is 0 Å². The lowest BCUT2D eigenvalue weighted by atomic mass is 9.98. The molecule has 0 saturated carbocycles. The summed E-state index contributed by atoms with van der Waals surface area (Å²) in [4.78, 5) is 22.1. The van der Waals surface area contributed by atoms with Gasteiger partial charge in [0.15, 0.2) is 0 Å². The molecule has 1 aromatic heterocycles. The summed E-state index contributed by atoms with van der Waals surface area (Å²) < 4.78 is 40.8. The Balaban J connectivity index is 1.84. The maximum Gasteiger partial charge on any atom is 0.573 e. The highest BCUT2D eigenvalue weighted by Gasteiger charge is 2.31. The molecule has 0 amide bonds. The van der Waals surface area contributed by atoms with Crippen LogP contribution in [-0.2, 0) is 11.2 Å². The van der Waals surface area contributed by atoms with Gasteiger partial charge in [-0.15, -0.1) is 13.2 Å². The van der Waals surface area contributed by atoms with Crippen LogP contribution in [-0.4, -0.2) is 35.7 Å². The maximum atomic E-state index is 12.3. The molecule has 1 saturated heterocycles. The second kappa shape index (κ2) is 7.94. The normalized spacial score (nSPS) is 15.6. The Morgan fingerprint density at radius 1 is 1.19 bits per heavy atom. The van der Waals surface area contributed by atoms with Gasteiger partial charge in [0.25, 0.3) is 0 Å². The Morgan fingerprint density at radius 3 is 2.41 bits per heavy atom. The number of benzene rings is 1. The summed E-state index contributed by atoms with van der Waals surface area (Å²) in [6, 6.07) is 7.47. The highest BCUT2D eigenvalue weighted by molar-refractivity contribution is 5.64. The van der Waals surface area contributed by atoms with Gasteiger partial charge in [0.2, 0.25) is 0 Å². The van der Waals surface area contributed by atoms with Crippen LogP contribution in [0, 0.1) is 5.92 Å². The summed E-state index contributed by atoms with van der Waals surface area (Å²) in [7, 11) is 0. The smallest absolute Gasteiger partial charge is 0.406 e. The number of aldehydes is 1. The molecule has 1 fully saturated rings. The molecule has 0 bridgehead atoms. The molecule has 0 atom stereocenters. The summed E-state index contributed by atoms with van der Waals surface area (Å²) in [5.74, 6) is 1.26. The average molecular weight is 379 g/mol. The number of carbonyl (C=O) groups is 1. The Bertz CT molecular complexity index is 786. The summed E-state index contributed by atoms with van der Waals surface area (Å²) in [5.41, 5.74) is 1.33. The number of aromatic nitrogens is 2. The van der Waals surface area contributed by atoms with Gasteiger partial charge < -0.3 is 14.4 Å². The quantitative estimate of drug-likeness (QED) is 0.735. The molecule has 27 heavy (non-hydrogen) atoms. The van der Waals surface area contributed by atoms with Crippen LogP contribution in [0.3, 0.4) is 0 Å². The summed E-state index contributed by atoms with van der Waals surface area (Å²) >= 11 is 0. The average Bonchev–Trinajstić information content (AvgIpc) is 2.67. The van der Waals surface area contributed by atoms with Crippen LogP contribution in [0.1, 0.15) is 25.6 Å². The number of aryl methyl sites for hydroxylation is 1. The molecule has 8 heteroatoms. The van der Waals surface area contributed by atoms with Crippen molar-refractivity contribution in [3.05, 3.63) is 36.2 Å². The van der Waals surface area contributed by atoms with Gasteiger partial charge >= 0.3 is 6.36 Å². The van der Waals surface area contributed by atoms with Crippen LogP contribution in [0.25, 0.3) is 11.3 Å². The number of ether oxygens (including phenoxy) is 1. The van der Waals surface area contributed by atoms with Crippen LogP contribution in [0.15, 0.2) is 30.3 Å². The SMILES string of the molecule is CCc1nc(-c2ccc(OC(F)(F)F)cc2)cc(N2CCC(C=O)CC2)n1. The van der Waals surface area contributed by atoms with E-state index in [0.717, 1.165) is 38.0 Å². The molecule has 144 valence electrons. The third-order valence-electron chi connectivity index (χ3n) is 4.51. The number of rotatable bonds is 5. The van der Waals surface area contributed by atoms with Crippen molar-refractivity contribution < 1.29 is 22.7 Å². The molecule has 1 aliphatic rings. The third kappa shape index (κ3) is 4.96. The number of halogens is 3. The van der Waals surface area contributed by atoms with E-state index in [9.17, 15) is 18.0 Å². The van der Waals surface area contributed by atoms with E-state index < -0.39 is 6.36 Å². The Labute approximate surface area is 155 Å². The zero-order valence-electron chi connectivity index (χ0n) is 14.9. The van der Waals surface area contributed by atoms with Crippen LogP contribution in [0.4, 0.5) is 19.0 Å². The van der Waals surface area contributed by atoms with E-state index in [2.05, 4.69) is 19.6 Å². The van der Waals surface area contributed by atoms with Crippen molar-refractivity contribution in [3.63, 3.8) is 0 Å². The molecule has 3 rings (SSSR count). The predicted molar refractivity (Wildman–Crippen MR) is 94.5 cm³/mol. The van der Waals surface area contributed by atoms with Gasteiger partial charge in [-0.3, -0.25) is 0 Å². The van der Waals surface area contributed by atoms with Gasteiger partial charge in [-0.05, 0) is 37.1 Å². The van der Waals surface area contributed by atoms with Gasteiger partial charge in [-0.25, -0.2) is 9.97 Å². The van der Waals surface area contributed by atoms with Gasteiger partial charge in [-0.1, -0.05) is 6.92 Å². The molecule has 1 aliphatic heterocycles. The summed E-state index contributed by atoms with van der Waals surface area (Å²) in [5, 5.41) is 0. The lowest BCUT2D eigenvalue weighted by Crippen LogP contribution is -2.34. The molecule has 0 radical (unpaired) electrons. The third-order valence-corrected chi connectivity index (χ3v) is 4.51. The van der Waals surface area contributed by atoms with E-state index in [0.29, 0.717) is 23.5 Å². The standard InChI is InChI=1S/C19H20F3N3O2/c1-2-17-23-16(14-3-5-15(6-4-14)27-19(20,21)22)11-18(24-17)25-9-7-13(12-26)8-10-25/h3-6,11-13H,2,7-10H2,1H3. The zero-order chi connectivity index (χ0) is 19.4. The van der Waals surface area contributed by atoms with Crippen LogP contribution < -0.4 is 9.64 Å². The van der Waals surface area contributed by atoms with Crippen LogP contribution >= 0.6 is 0 Å². The van der Waals surface area contributed by atoms with Gasteiger partial charge in [-0.2, -0.15) is 0 Å². The second-order valence-electron chi connectivity index (χ2n) is 6.41. The first-order valence-corrected chi connectivity index (χ1v) is 8.82. The first-order valence-electron chi connectivity index (χ1n) is 8.82. The van der Waals surface area contributed by atoms with Crippen molar-refractivity contribution in [2.45, 2.75) is 32.5 Å². The first-order chi connectivity index (χ1) is 12.9. The lowest BCUT2D eigenvalue weighted by Gasteiger charge is -2.31. The number of nitrogens with zero attached hydrogens (tertiary/aromatic N) is 3. The molecule has 2 heterocycles. The number of alkyl halides is 3. The van der Waals surface area contributed by atoms with Crippen molar-refractivity contribution in [2.24, 2.45) is 5.92 Å². The highest BCUT2D eigenvalue weighted by Crippen LogP contribution is 2.28. The van der Waals surface area contributed by atoms with Gasteiger partial charge in [0.05, 0.1) is 5.69 Å². The number of carbonyl (C=O) groups excluding carboxylic acids is 1. The molecular formula is C19H20F3N3O2. The molecule has 2 aromatic rings. The molecule has 0 spiro atoms. The molecule has 0 N–H and O–H groups in total. The predicted octanol–water partition coefficient (Wildman–Crippen LogP) is 4.02. The van der Waals surface area contributed by atoms with E-state index in [1.165, 1.54) is 12.1 Å². The van der Waals surface area contributed by atoms with Gasteiger partial charge in [0, 0.05) is 37.1 Å². The number of hydrogen-bond donors (Lipinski definition) is 0. The van der Waals surface area contributed by atoms with Crippen LogP contribution in [0.2, 0.25) is 0 Å². The van der Waals surface area contributed by atoms with E-state index in [-0.39, 0.29) is 11.7 Å². The van der Waals surface area contributed by atoms with Crippen LogP contribution in [0.5, 0.6) is 5.75 Å². The molecule has 5 nitrogen and oxygen atoms in total. The number of piperidine rings is 1. The topological polar surface area (TPSA) is 55.3 Å². The second-order valence-corrected chi connectivity index (χ2v) is 6.41. The summed E-state index contributed by atoms with van der Waals surface area (Å²) in [6.07, 6.45) is -1.50. The zero-order valence-corrected chi connectivity index (χ0v) is 14.9. The number of anilines is 1. The molecule has 0 unspecified atom stereocenters. The minimum Gasteiger partial charge on any atom is -0.406 e. The fourth-order valence-corrected chi connectivity index (χ4v) is 3.04. The maximum absolute atomic E-state index is 12.3. The van der Waals surface area contributed by atoms with E-state index >= 15 is 0 Å². The minimum absolute atomic E-state index is 0.0920. The lowest BCUT2D eigenvalue weighted by molar-refractivity contribution is -0.274. The van der Waals surface area contributed by atoms with E-state index in [4.69, 9.17) is 0 Å². The van der Waals surface area contributed by atoms with Crippen molar-refractivity contribution in [3.8, 4) is 17.0 Å². The van der Waals surface area contributed by atoms with Crippen molar-refractivity contribution >= 4 is 12.1 Å². The van der Waals surface area contributed by atoms with Crippen molar-refractivity contribution in [1.82, 2.24) is 9.97 Å².